The van der Waals surface area contributed by atoms with Gasteiger partial charge < -0.3 is 4.98 Å². The van der Waals surface area contributed by atoms with Crippen LogP contribution in [0, 0.1) is 0 Å². The van der Waals surface area contributed by atoms with E-state index in [0.717, 1.165) is 4.57 Å². The van der Waals surface area contributed by atoms with Crippen molar-refractivity contribution in [2.45, 2.75) is 20.4 Å². The first-order valence-electron chi connectivity index (χ1n) is 7.20. The van der Waals surface area contributed by atoms with Crippen molar-refractivity contribution in [2.75, 3.05) is 18.8 Å². The number of halogens is 1. The Morgan fingerprint density at radius 2 is 1.87 bits per heavy atom. The van der Waals surface area contributed by atoms with Crippen molar-refractivity contribution >= 4 is 32.5 Å². The van der Waals surface area contributed by atoms with Gasteiger partial charge in [-0.25, -0.2) is 17.5 Å². The normalized spacial score (nSPS) is 12.2. The number of rotatable bonds is 6. The molecule has 1 N–H and O–H groups in total. The minimum absolute atomic E-state index is 0.203. The monoisotopic (exact) mass is 359 g/mol. The number of nitrogens with zero attached hydrogens (tertiary/aromatic N) is 2. The summed E-state index contributed by atoms with van der Waals surface area (Å²) in [6.45, 7) is 3.96. The molecule has 0 saturated heterocycles. The zero-order valence-electron chi connectivity index (χ0n) is 12.9. The van der Waals surface area contributed by atoms with E-state index in [9.17, 15) is 18.0 Å². The maximum absolute atomic E-state index is 12.4. The lowest BCUT2D eigenvalue weighted by Crippen LogP contribution is -2.40. The third kappa shape index (κ3) is 3.65. The van der Waals surface area contributed by atoms with Crippen LogP contribution in [0.5, 0.6) is 0 Å². The Labute approximate surface area is 138 Å². The molecule has 7 nitrogen and oxygen atoms in total. The van der Waals surface area contributed by atoms with Gasteiger partial charge in [-0.3, -0.25) is 9.36 Å². The predicted molar refractivity (Wildman–Crippen MR) is 90.5 cm³/mol. The highest BCUT2D eigenvalue weighted by atomic mass is 35.5. The van der Waals surface area contributed by atoms with Gasteiger partial charge in [-0.1, -0.05) is 25.4 Å². The zero-order chi connectivity index (χ0) is 17.2. The first-order valence-corrected chi connectivity index (χ1v) is 9.19. The number of nitrogens with one attached hydrogen (secondary N) is 1. The first kappa shape index (κ1) is 17.7. The van der Waals surface area contributed by atoms with Gasteiger partial charge in [0, 0.05) is 24.7 Å². The summed E-state index contributed by atoms with van der Waals surface area (Å²) in [5.41, 5.74) is -0.856. The maximum Gasteiger partial charge on any atom is 0.328 e. The quantitative estimate of drug-likeness (QED) is 0.833. The number of hydrogen-bond acceptors (Lipinski definition) is 4. The van der Waals surface area contributed by atoms with Crippen LogP contribution in [0.3, 0.4) is 0 Å². The summed E-state index contributed by atoms with van der Waals surface area (Å²) < 4.78 is 26.6. The van der Waals surface area contributed by atoms with Crippen molar-refractivity contribution in [3.05, 3.63) is 44.1 Å². The fraction of sp³-hybridized carbons (Fsp3) is 0.429. The number of H-pyrrole nitrogens is 1. The van der Waals surface area contributed by atoms with Crippen LogP contribution in [0.1, 0.15) is 13.8 Å². The molecule has 0 atom stereocenters. The molecule has 0 fully saturated rings. The van der Waals surface area contributed by atoms with Crippen LogP contribution in [0.15, 0.2) is 27.8 Å². The van der Waals surface area contributed by atoms with Crippen LogP contribution in [-0.2, 0) is 16.6 Å². The molecule has 1 aromatic carbocycles. The second-order valence-electron chi connectivity index (χ2n) is 4.98. The molecule has 0 unspecified atom stereocenters. The van der Waals surface area contributed by atoms with Crippen molar-refractivity contribution < 1.29 is 8.42 Å². The zero-order valence-corrected chi connectivity index (χ0v) is 14.4. The summed E-state index contributed by atoms with van der Waals surface area (Å²) in [5, 5.41) is 0.684. The Balaban J connectivity index is 2.40. The van der Waals surface area contributed by atoms with Crippen molar-refractivity contribution in [2.24, 2.45) is 0 Å². The molecule has 1 heterocycles. The van der Waals surface area contributed by atoms with Crippen molar-refractivity contribution in [3.8, 4) is 0 Å². The van der Waals surface area contributed by atoms with Crippen molar-refractivity contribution in [1.29, 1.82) is 0 Å². The third-order valence-electron chi connectivity index (χ3n) is 3.62. The van der Waals surface area contributed by atoms with Crippen LogP contribution >= 0.6 is 11.6 Å². The average Bonchev–Trinajstić information content (AvgIpc) is 2.47. The molecule has 0 saturated carbocycles. The first-order chi connectivity index (χ1) is 10.8. The summed E-state index contributed by atoms with van der Waals surface area (Å²) in [6.07, 6.45) is 0. The van der Waals surface area contributed by atoms with Crippen molar-refractivity contribution in [3.63, 3.8) is 0 Å². The lowest BCUT2D eigenvalue weighted by Gasteiger charge is -2.18. The van der Waals surface area contributed by atoms with Crippen LogP contribution in [0.2, 0.25) is 5.02 Å². The predicted octanol–water partition coefficient (Wildman–Crippen LogP) is 1.01. The molecule has 9 heteroatoms. The minimum atomic E-state index is -3.51. The molecule has 0 aliphatic heterocycles. The van der Waals surface area contributed by atoms with Crippen LogP contribution < -0.4 is 11.2 Å². The van der Waals surface area contributed by atoms with E-state index < -0.39 is 21.3 Å². The molecule has 2 rings (SSSR count). The van der Waals surface area contributed by atoms with E-state index in [1.165, 1.54) is 16.4 Å². The number of benzene rings is 1. The summed E-state index contributed by atoms with van der Waals surface area (Å²) >= 11 is 5.84. The molecule has 126 valence electrons. The molecular formula is C14H18ClN3O4S. The highest BCUT2D eigenvalue weighted by Crippen LogP contribution is 2.13. The summed E-state index contributed by atoms with van der Waals surface area (Å²) in [4.78, 5) is 27.0. The molecule has 2 aromatic rings. The van der Waals surface area contributed by atoms with Gasteiger partial charge in [0.25, 0.3) is 5.56 Å². The van der Waals surface area contributed by atoms with E-state index in [4.69, 9.17) is 11.6 Å². The lowest BCUT2D eigenvalue weighted by atomic mass is 10.2. The van der Waals surface area contributed by atoms with Gasteiger partial charge >= 0.3 is 5.69 Å². The van der Waals surface area contributed by atoms with Crippen LogP contribution in [0.4, 0.5) is 0 Å². The molecule has 23 heavy (non-hydrogen) atoms. The fourth-order valence-corrected chi connectivity index (χ4v) is 4.01. The Morgan fingerprint density at radius 1 is 1.22 bits per heavy atom. The Morgan fingerprint density at radius 3 is 2.48 bits per heavy atom. The van der Waals surface area contributed by atoms with E-state index in [2.05, 4.69) is 4.98 Å². The van der Waals surface area contributed by atoms with E-state index in [0.29, 0.717) is 23.6 Å². The SMILES string of the molecule is CCN(CC)S(=O)(=O)CCn1c(=O)[nH]c2cc(Cl)ccc2c1=O. The highest BCUT2D eigenvalue weighted by Gasteiger charge is 2.19. The Kier molecular flexibility index (Phi) is 5.28. The average molecular weight is 360 g/mol. The van der Waals surface area contributed by atoms with E-state index >= 15 is 0 Å². The van der Waals surface area contributed by atoms with Gasteiger partial charge in [-0.15, -0.1) is 0 Å². The molecule has 0 spiro atoms. The molecule has 0 bridgehead atoms. The smallest absolute Gasteiger partial charge is 0.307 e. The molecule has 1 aromatic heterocycles. The van der Waals surface area contributed by atoms with Gasteiger partial charge in [0.2, 0.25) is 10.0 Å². The second kappa shape index (κ2) is 6.86. The maximum atomic E-state index is 12.4. The number of fused-ring (bicyclic) bond motifs is 1. The minimum Gasteiger partial charge on any atom is -0.307 e. The second-order valence-corrected chi connectivity index (χ2v) is 7.50. The topological polar surface area (TPSA) is 92.2 Å². The van der Waals surface area contributed by atoms with Gasteiger partial charge in [0.05, 0.1) is 16.7 Å². The van der Waals surface area contributed by atoms with Gasteiger partial charge in [-0.2, -0.15) is 0 Å². The van der Waals surface area contributed by atoms with Gasteiger partial charge in [-0.05, 0) is 18.2 Å². The Hall–Kier alpha value is -1.64. The van der Waals surface area contributed by atoms with Crippen LogP contribution in [0.25, 0.3) is 10.9 Å². The third-order valence-corrected chi connectivity index (χ3v) is 5.85. The van der Waals surface area contributed by atoms with Gasteiger partial charge in [0.1, 0.15) is 0 Å². The molecular weight excluding hydrogens is 342 g/mol. The van der Waals surface area contributed by atoms with E-state index in [1.54, 1.807) is 19.9 Å². The summed E-state index contributed by atoms with van der Waals surface area (Å²) in [6, 6.07) is 4.53. The summed E-state index contributed by atoms with van der Waals surface area (Å²) in [5.74, 6) is -0.309. The molecule has 0 radical (unpaired) electrons. The number of aromatic amines is 1. The lowest BCUT2D eigenvalue weighted by molar-refractivity contribution is 0.441. The fourth-order valence-electron chi connectivity index (χ4n) is 2.38. The number of hydrogen-bond donors (Lipinski definition) is 1. The standard InChI is InChI=1S/C14H18ClN3O4S/c1-3-17(4-2)23(21,22)8-7-18-13(19)11-6-5-10(15)9-12(11)16-14(18)20/h5-6,9H,3-4,7-8H2,1-2H3,(H,16,20). The molecule has 0 amide bonds. The Bertz CT molecular complexity index is 929. The van der Waals surface area contributed by atoms with E-state index in [1.807, 2.05) is 0 Å². The van der Waals surface area contributed by atoms with Gasteiger partial charge in [0.15, 0.2) is 0 Å². The highest BCUT2D eigenvalue weighted by molar-refractivity contribution is 7.89. The van der Waals surface area contributed by atoms with Crippen LogP contribution in [-0.4, -0.2) is 41.1 Å². The largest absolute Gasteiger partial charge is 0.328 e. The number of aromatic nitrogens is 2. The van der Waals surface area contributed by atoms with E-state index in [-0.39, 0.29) is 17.7 Å². The molecule has 0 aliphatic rings. The molecule has 0 aliphatic carbocycles. The van der Waals surface area contributed by atoms with Crippen molar-refractivity contribution in [1.82, 2.24) is 13.9 Å². The summed E-state index contributed by atoms with van der Waals surface area (Å²) in [7, 11) is -3.51. The number of sulfonamides is 1.